The SMILES string of the molecule is CC(CCC(=O)O)NC(=O)c1cc(Cl)c(Cl)n1C. The maximum absolute atomic E-state index is 11.9. The van der Waals surface area contributed by atoms with Crippen LogP contribution in [-0.4, -0.2) is 27.6 Å². The molecular formula is C11H14Cl2N2O3. The summed E-state index contributed by atoms with van der Waals surface area (Å²) in [6.45, 7) is 1.74. The minimum atomic E-state index is -0.888. The van der Waals surface area contributed by atoms with E-state index >= 15 is 0 Å². The lowest BCUT2D eigenvalue weighted by Gasteiger charge is -2.13. The molecule has 1 unspecified atom stereocenters. The molecule has 0 aromatic carbocycles. The van der Waals surface area contributed by atoms with Crippen molar-refractivity contribution in [1.82, 2.24) is 9.88 Å². The molecule has 1 aromatic heterocycles. The van der Waals surface area contributed by atoms with E-state index in [1.165, 1.54) is 10.6 Å². The normalized spacial score (nSPS) is 12.2. The van der Waals surface area contributed by atoms with E-state index in [0.29, 0.717) is 22.3 Å². The summed E-state index contributed by atoms with van der Waals surface area (Å²) >= 11 is 11.7. The molecule has 0 aliphatic heterocycles. The maximum Gasteiger partial charge on any atom is 0.303 e. The van der Waals surface area contributed by atoms with Gasteiger partial charge in [0.2, 0.25) is 0 Å². The highest BCUT2D eigenvalue weighted by Gasteiger charge is 2.17. The molecular weight excluding hydrogens is 279 g/mol. The fourth-order valence-corrected chi connectivity index (χ4v) is 1.85. The van der Waals surface area contributed by atoms with Crippen LogP contribution in [0.1, 0.15) is 30.3 Å². The average molecular weight is 293 g/mol. The number of amides is 1. The first kappa shape index (κ1) is 14.9. The van der Waals surface area contributed by atoms with Crippen molar-refractivity contribution >= 4 is 35.1 Å². The van der Waals surface area contributed by atoms with Crippen molar-refractivity contribution in [1.29, 1.82) is 0 Å². The van der Waals surface area contributed by atoms with Gasteiger partial charge in [0.1, 0.15) is 10.8 Å². The third-order valence-electron chi connectivity index (χ3n) is 2.52. The average Bonchev–Trinajstić information content (AvgIpc) is 2.54. The van der Waals surface area contributed by atoms with Crippen LogP contribution < -0.4 is 5.32 Å². The van der Waals surface area contributed by atoms with Crippen LogP contribution in [0.4, 0.5) is 0 Å². The van der Waals surface area contributed by atoms with Gasteiger partial charge >= 0.3 is 5.97 Å². The fourth-order valence-electron chi connectivity index (χ4n) is 1.47. The molecule has 1 rings (SSSR count). The number of carbonyl (C=O) groups excluding carboxylic acids is 1. The standard InChI is InChI=1S/C11H14Cl2N2O3/c1-6(3-4-9(16)17)14-11(18)8-5-7(12)10(13)15(8)2/h5-6H,3-4H2,1-2H3,(H,14,18)(H,16,17). The molecule has 100 valence electrons. The summed E-state index contributed by atoms with van der Waals surface area (Å²) in [6.07, 6.45) is 0.378. The van der Waals surface area contributed by atoms with Crippen LogP contribution in [0.2, 0.25) is 10.2 Å². The zero-order valence-corrected chi connectivity index (χ0v) is 11.5. The van der Waals surface area contributed by atoms with Crippen molar-refractivity contribution in [2.75, 3.05) is 0 Å². The number of aliphatic carboxylic acids is 1. The fraction of sp³-hybridized carbons (Fsp3) is 0.455. The number of rotatable bonds is 5. The van der Waals surface area contributed by atoms with Gasteiger partial charge in [0.05, 0.1) is 5.02 Å². The van der Waals surface area contributed by atoms with Crippen LogP contribution in [0.25, 0.3) is 0 Å². The summed E-state index contributed by atoms with van der Waals surface area (Å²) in [6, 6.07) is 1.24. The quantitative estimate of drug-likeness (QED) is 0.875. The second-order valence-corrected chi connectivity index (χ2v) is 4.80. The third kappa shape index (κ3) is 3.65. The maximum atomic E-state index is 11.9. The molecule has 1 amide bonds. The zero-order valence-electron chi connectivity index (χ0n) is 10.0. The lowest BCUT2D eigenvalue weighted by Crippen LogP contribution is -2.34. The highest BCUT2D eigenvalue weighted by molar-refractivity contribution is 6.41. The first-order valence-electron chi connectivity index (χ1n) is 5.36. The summed E-state index contributed by atoms with van der Waals surface area (Å²) in [7, 11) is 1.63. The Balaban J connectivity index is 2.65. The molecule has 5 nitrogen and oxygen atoms in total. The Bertz CT molecular complexity index is 471. The molecule has 0 radical (unpaired) electrons. The van der Waals surface area contributed by atoms with Crippen molar-refractivity contribution in [2.45, 2.75) is 25.8 Å². The van der Waals surface area contributed by atoms with E-state index in [1.54, 1.807) is 14.0 Å². The summed E-state index contributed by atoms with van der Waals surface area (Å²) in [5, 5.41) is 11.8. The molecule has 0 aliphatic carbocycles. The summed E-state index contributed by atoms with van der Waals surface area (Å²) < 4.78 is 1.48. The van der Waals surface area contributed by atoms with E-state index in [0.717, 1.165) is 0 Å². The molecule has 0 bridgehead atoms. The number of nitrogens with zero attached hydrogens (tertiary/aromatic N) is 1. The third-order valence-corrected chi connectivity index (χ3v) is 3.36. The molecule has 1 aromatic rings. The Hall–Kier alpha value is -1.20. The first-order chi connectivity index (χ1) is 8.32. The topological polar surface area (TPSA) is 71.3 Å². The predicted molar refractivity (Wildman–Crippen MR) is 69.2 cm³/mol. The molecule has 0 spiro atoms. The minimum Gasteiger partial charge on any atom is -0.481 e. The number of hydrogen-bond acceptors (Lipinski definition) is 2. The molecule has 0 fully saturated rings. The lowest BCUT2D eigenvalue weighted by molar-refractivity contribution is -0.137. The summed E-state index contributed by atoms with van der Waals surface area (Å²) in [5.41, 5.74) is 0.340. The van der Waals surface area contributed by atoms with Crippen LogP contribution in [0.15, 0.2) is 6.07 Å². The summed E-state index contributed by atoms with van der Waals surface area (Å²) in [5.74, 6) is -1.22. The Morgan fingerprint density at radius 3 is 2.56 bits per heavy atom. The van der Waals surface area contributed by atoms with Gasteiger partial charge in [-0.1, -0.05) is 23.2 Å². The van der Waals surface area contributed by atoms with E-state index < -0.39 is 5.97 Å². The van der Waals surface area contributed by atoms with E-state index in [9.17, 15) is 9.59 Å². The van der Waals surface area contributed by atoms with Gasteiger partial charge in [0.15, 0.2) is 0 Å². The Morgan fingerprint density at radius 1 is 1.50 bits per heavy atom. The van der Waals surface area contributed by atoms with Crippen LogP contribution in [0.5, 0.6) is 0 Å². The minimum absolute atomic E-state index is 0.0100. The number of nitrogens with one attached hydrogen (secondary N) is 1. The highest BCUT2D eigenvalue weighted by Crippen LogP contribution is 2.25. The van der Waals surface area contributed by atoms with Gasteiger partial charge in [-0.25, -0.2) is 0 Å². The largest absolute Gasteiger partial charge is 0.481 e. The lowest BCUT2D eigenvalue weighted by atomic mass is 10.2. The highest BCUT2D eigenvalue weighted by atomic mass is 35.5. The van der Waals surface area contributed by atoms with Crippen LogP contribution in [-0.2, 0) is 11.8 Å². The van der Waals surface area contributed by atoms with Gasteiger partial charge in [-0.15, -0.1) is 0 Å². The Kier molecular flexibility index (Phi) is 5.04. The van der Waals surface area contributed by atoms with Crippen molar-refractivity contribution < 1.29 is 14.7 Å². The van der Waals surface area contributed by atoms with Gasteiger partial charge in [-0.2, -0.15) is 0 Å². The molecule has 0 aliphatic rings. The van der Waals surface area contributed by atoms with Crippen LogP contribution >= 0.6 is 23.2 Å². The first-order valence-corrected chi connectivity index (χ1v) is 6.12. The number of hydrogen-bond donors (Lipinski definition) is 2. The van der Waals surface area contributed by atoms with Gasteiger partial charge in [-0.05, 0) is 19.4 Å². The van der Waals surface area contributed by atoms with Gasteiger partial charge in [0, 0.05) is 19.5 Å². The molecule has 2 N–H and O–H groups in total. The predicted octanol–water partition coefficient (Wildman–Crippen LogP) is 2.32. The van der Waals surface area contributed by atoms with Crippen molar-refractivity contribution in [3.05, 3.63) is 21.9 Å². The van der Waals surface area contributed by atoms with Crippen LogP contribution in [0, 0.1) is 0 Å². The molecule has 18 heavy (non-hydrogen) atoms. The van der Waals surface area contributed by atoms with Crippen molar-refractivity contribution in [3.8, 4) is 0 Å². The van der Waals surface area contributed by atoms with E-state index in [2.05, 4.69) is 5.32 Å². The second kappa shape index (κ2) is 6.11. The molecule has 1 atom stereocenters. The van der Waals surface area contributed by atoms with E-state index in [4.69, 9.17) is 28.3 Å². The number of carboxylic acids is 1. The Labute approximate surface area is 115 Å². The Morgan fingerprint density at radius 2 is 2.11 bits per heavy atom. The molecule has 0 saturated carbocycles. The van der Waals surface area contributed by atoms with Crippen molar-refractivity contribution in [3.63, 3.8) is 0 Å². The number of halogens is 2. The summed E-state index contributed by atoms with van der Waals surface area (Å²) in [4.78, 5) is 22.3. The van der Waals surface area contributed by atoms with Crippen LogP contribution in [0.3, 0.4) is 0 Å². The second-order valence-electron chi connectivity index (χ2n) is 4.03. The number of carbonyl (C=O) groups is 2. The molecule has 0 saturated heterocycles. The molecule has 7 heteroatoms. The van der Waals surface area contributed by atoms with Gasteiger partial charge in [-0.3, -0.25) is 9.59 Å². The van der Waals surface area contributed by atoms with E-state index in [1.807, 2.05) is 0 Å². The van der Waals surface area contributed by atoms with E-state index in [-0.39, 0.29) is 18.4 Å². The number of carboxylic acid groups (broad SMARTS) is 1. The van der Waals surface area contributed by atoms with Crippen molar-refractivity contribution in [2.24, 2.45) is 7.05 Å². The molecule has 1 heterocycles. The van der Waals surface area contributed by atoms with Gasteiger partial charge in [0.25, 0.3) is 5.91 Å². The zero-order chi connectivity index (χ0) is 13.9. The van der Waals surface area contributed by atoms with Gasteiger partial charge < -0.3 is 15.0 Å². The monoisotopic (exact) mass is 292 g/mol. The number of aromatic nitrogens is 1. The smallest absolute Gasteiger partial charge is 0.303 e.